The van der Waals surface area contributed by atoms with Crippen LogP contribution in [0.25, 0.3) is 0 Å². The maximum Gasteiger partial charge on any atom is 0.0623 e. The molecule has 1 aliphatic rings. The van der Waals surface area contributed by atoms with Gasteiger partial charge in [-0.3, -0.25) is 0 Å². The van der Waals surface area contributed by atoms with Crippen molar-refractivity contribution in [3.05, 3.63) is 0 Å². The third kappa shape index (κ3) is 3.55. The topological polar surface area (TPSA) is 21.3 Å². The van der Waals surface area contributed by atoms with Crippen molar-refractivity contribution in [2.45, 2.75) is 45.8 Å². The highest BCUT2D eigenvalue weighted by atomic mass is 16.5. The number of hydrogen-bond acceptors (Lipinski definition) is 2. The van der Waals surface area contributed by atoms with Crippen molar-refractivity contribution in [1.82, 2.24) is 5.32 Å². The molecule has 1 rings (SSSR count). The lowest BCUT2D eigenvalue weighted by Gasteiger charge is -2.28. The molecule has 1 heterocycles. The van der Waals surface area contributed by atoms with Gasteiger partial charge in [0, 0.05) is 6.04 Å². The molecule has 0 bridgehead atoms. The molecule has 0 aromatic carbocycles. The SMILES string of the molecule is CC1CCC(COC(C)C)NC1. The van der Waals surface area contributed by atoms with Crippen LogP contribution in [0.3, 0.4) is 0 Å². The van der Waals surface area contributed by atoms with E-state index in [1.807, 2.05) is 0 Å². The molecule has 1 aliphatic heterocycles. The van der Waals surface area contributed by atoms with Gasteiger partial charge in [0.1, 0.15) is 0 Å². The molecule has 0 spiro atoms. The summed E-state index contributed by atoms with van der Waals surface area (Å²) in [5.74, 6) is 0.847. The Morgan fingerprint density at radius 1 is 1.42 bits per heavy atom. The second-order valence-corrected chi connectivity index (χ2v) is 4.17. The summed E-state index contributed by atoms with van der Waals surface area (Å²) in [5, 5.41) is 3.50. The zero-order valence-electron chi connectivity index (χ0n) is 8.47. The summed E-state index contributed by atoms with van der Waals surface area (Å²) in [5.41, 5.74) is 0. The molecule has 2 nitrogen and oxygen atoms in total. The van der Waals surface area contributed by atoms with Crippen LogP contribution in [-0.2, 0) is 4.74 Å². The average Bonchev–Trinajstić information content (AvgIpc) is 2.03. The molecule has 12 heavy (non-hydrogen) atoms. The largest absolute Gasteiger partial charge is 0.377 e. The van der Waals surface area contributed by atoms with E-state index in [2.05, 4.69) is 26.1 Å². The Balaban J connectivity index is 2.09. The van der Waals surface area contributed by atoms with E-state index in [1.165, 1.54) is 12.8 Å². The standard InChI is InChI=1S/C10H21NO/c1-8(2)12-7-10-5-4-9(3)6-11-10/h8-11H,4-7H2,1-3H3. The van der Waals surface area contributed by atoms with Crippen LogP contribution in [0.4, 0.5) is 0 Å². The molecule has 0 amide bonds. The molecule has 1 N–H and O–H groups in total. The van der Waals surface area contributed by atoms with Crippen molar-refractivity contribution in [2.24, 2.45) is 5.92 Å². The second-order valence-electron chi connectivity index (χ2n) is 4.17. The van der Waals surface area contributed by atoms with Crippen molar-refractivity contribution in [1.29, 1.82) is 0 Å². The number of hydrogen-bond donors (Lipinski definition) is 1. The minimum Gasteiger partial charge on any atom is -0.377 e. The molecule has 0 saturated carbocycles. The number of nitrogens with one attached hydrogen (secondary N) is 1. The van der Waals surface area contributed by atoms with Gasteiger partial charge in [-0.25, -0.2) is 0 Å². The summed E-state index contributed by atoms with van der Waals surface area (Å²) in [7, 11) is 0. The maximum atomic E-state index is 5.55. The lowest BCUT2D eigenvalue weighted by atomic mass is 9.97. The normalized spacial score (nSPS) is 31.0. The monoisotopic (exact) mass is 171 g/mol. The van der Waals surface area contributed by atoms with Crippen LogP contribution < -0.4 is 5.32 Å². The molecule has 1 saturated heterocycles. The first-order chi connectivity index (χ1) is 5.68. The van der Waals surface area contributed by atoms with E-state index in [-0.39, 0.29) is 0 Å². The van der Waals surface area contributed by atoms with Crippen LogP contribution in [0, 0.1) is 5.92 Å². The van der Waals surface area contributed by atoms with Gasteiger partial charge in [-0.2, -0.15) is 0 Å². The summed E-state index contributed by atoms with van der Waals surface area (Å²) in [6.45, 7) is 8.51. The Kier molecular flexibility index (Phi) is 4.02. The second kappa shape index (κ2) is 4.83. The molecular weight excluding hydrogens is 150 g/mol. The molecule has 2 atom stereocenters. The fourth-order valence-corrected chi connectivity index (χ4v) is 1.51. The Labute approximate surface area is 75.7 Å². The van der Waals surface area contributed by atoms with Gasteiger partial charge in [-0.15, -0.1) is 0 Å². The van der Waals surface area contributed by atoms with Crippen molar-refractivity contribution in [3.63, 3.8) is 0 Å². The third-order valence-electron chi connectivity index (χ3n) is 2.39. The van der Waals surface area contributed by atoms with Crippen molar-refractivity contribution >= 4 is 0 Å². The van der Waals surface area contributed by atoms with Crippen molar-refractivity contribution in [3.8, 4) is 0 Å². The molecule has 2 heteroatoms. The van der Waals surface area contributed by atoms with E-state index < -0.39 is 0 Å². The summed E-state index contributed by atoms with van der Waals surface area (Å²) >= 11 is 0. The zero-order chi connectivity index (χ0) is 8.97. The minimum absolute atomic E-state index is 0.367. The van der Waals surface area contributed by atoms with Gasteiger partial charge in [0.2, 0.25) is 0 Å². The lowest BCUT2D eigenvalue weighted by Crippen LogP contribution is -2.41. The van der Waals surface area contributed by atoms with Gasteiger partial charge in [0.05, 0.1) is 12.7 Å². The van der Waals surface area contributed by atoms with Crippen LogP contribution >= 0.6 is 0 Å². The summed E-state index contributed by atoms with van der Waals surface area (Å²) in [6.07, 6.45) is 2.98. The van der Waals surface area contributed by atoms with Crippen LogP contribution in [0.5, 0.6) is 0 Å². The van der Waals surface area contributed by atoms with Crippen LogP contribution in [0.15, 0.2) is 0 Å². The molecule has 2 unspecified atom stereocenters. The number of piperidine rings is 1. The highest BCUT2D eigenvalue weighted by Gasteiger charge is 2.17. The van der Waals surface area contributed by atoms with Crippen LogP contribution in [-0.4, -0.2) is 25.3 Å². The van der Waals surface area contributed by atoms with Gasteiger partial charge in [-0.05, 0) is 39.2 Å². The van der Waals surface area contributed by atoms with E-state index in [4.69, 9.17) is 4.74 Å². The third-order valence-corrected chi connectivity index (χ3v) is 2.39. The lowest BCUT2D eigenvalue weighted by molar-refractivity contribution is 0.0527. The predicted octanol–water partition coefficient (Wildman–Crippen LogP) is 1.80. The Morgan fingerprint density at radius 2 is 2.17 bits per heavy atom. The summed E-state index contributed by atoms with van der Waals surface area (Å²) < 4.78 is 5.55. The maximum absolute atomic E-state index is 5.55. The molecule has 0 aromatic rings. The summed E-state index contributed by atoms with van der Waals surface area (Å²) in [4.78, 5) is 0. The first kappa shape index (κ1) is 10.0. The Bertz CT molecular complexity index is 117. The van der Waals surface area contributed by atoms with E-state index in [0.717, 1.165) is 19.1 Å². The van der Waals surface area contributed by atoms with E-state index in [9.17, 15) is 0 Å². The molecule has 0 aliphatic carbocycles. The van der Waals surface area contributed by atoms with Crippen LogP contribution in [0.1, 0.15) is 33.6 Å². The van der Waals surface area contributed by atoms with E-state index in [1.54, 1.807) is 0 Å². The Hall–Kier alpha value is -0.0800. The zero-order valence-corrected chi connectivity index (χ0v) is 8.47. The molecule has 1 fully saturated rings. The van der Waals surface area contributed by atoms with E-state index >= 15 is 0 Å². The molecule has 0 aromatic heterocycles. The number of rotatable bonds is 3. The Morgan fingerprint density at radius 3 is 2.67 bits per heavy atom. The van der Waals surface area contributed by atoms with Gasteiger partial charge in [-0.1, -0.05) is 6.92 Å². The predicted molar refractivity (Wildman–Crippen MR) is 51.3 cm³/mol. The smallest absolute Gasteiger partial charge is 0.0623 e. The highest BCUT2D eigenvalue weighted by Crippen LogP contribution is 2.13. The first-order valence-corrected chi connectivity index (χ1v) is 5.03. The average molecular weight is 171 g/mol. The number of ether oxygens (including phenoxy) is 1. The minimum atomic E-state index is 0.367. The van der Waals surface area contributed by atoms with Crippen molar-refractivity contribution < 1.29 is 4.74 Å². The van der Waals surface area contributed by atoms with Gasteiger partial charge in [0.25, 0.3) is 0 Å². The molecular formula is C10H21NO. The van der Waals surface area contributed by atoms with Gasteiger partial charge >= 0.3 is 0 Å². The first-order valence-electron chi connectivity index (χ1n) is 5.03. The fraction of sp³-hybridized carbons (Fsp3) is 1.00. The van der Waals surface area contributed by atoms with Crippen molar-refractivity contribution in [2.75, 3.05) is 13.2 Å². The van der Waals surface area contributed by atoms with Gasteiger partial charge in [0.15, 0.2) is 0 Å². The van der Waals surface area contributed by atoms with E-state index in [0.29, 0.717) is 12.1 Å². The van der Waals surface area contributed by atoms with Gasteiger partial charge < -0.3 is 10.1 Å². The fourth-order valence-electron chi connectivity index (χ4n) is 1.51. The molecule has 72 valence electrons. The molecule has 0 radical (unpaired) electrons. The summed E-state index contributed by atoms with van der Waals surface area (Å²) in [6, 6.07) is 0.601. The quantitative estimate of drug-likeness (QED) is 0.699. The van der Waals surface area contributed by atoms with Crippen LogP contribution in [0.2, 0.25) is 0 Å². The highest BCUT2D eigenvalue weighted by molar-refractivity contribution is 4.75.